The van der Waals surface area contributed by atoms with Crippen LogP contribution in [0.25, 0.3) is 0 Å². The molecule has 0 saturated heterocycles. The highest BCUT2D eigenvalue weighted by Gasteiger charge is 2.13. The Labute approximate surface area is 166 Å². The van der Waals surface area contributed by atoms with Crippen LogP contribution in [0.5, 0.6) is 0 Å². The molecular weight excluding hydrogens is 401 g/mol. The highest BCUT2D eigenvalue weighted by Crippen LogP contribution is 2.22. The second-order valence-electron chi connectivity index (χ2n) is 5.54. The van der Waals surface area contributed by atoms with Gasteiger partial charge in [0.1, 0.15) is 5.49 Å². The molecule has 1 aromatic carbocycles. The van der Waals surface area contributed by atoms with E-state index in [1.165, 1.54) is 21.7 Å². The largest absolute Gasteiger partial charge is 0.365 e. The molecule has 0 spiro atoms. The van der Waals surface area contributed by atoms with Crippen molar-refractivity contribution >= 4 is 53.2 Å². The first-order valence-electron chi connectivity index (χ1n) is 7.20. The molecular formula is C16H18Cl3N5O2. The van der Waals surface area contributed by atoms with Crippen LogP contribution in [0.1, 0.15) is 15.9 Å². The summed E-state index contributed by atoms with van der Waals surface area (Å²) in [4.78, 5) is 24.8. The van der Waals surface area contributed by atoms with E-state index in [0.29, 0.717) is 16.3 Å². The van der Waals surface area contributed by atoms with E-state index in [1.54, 1.807) is 32.3 Å². The molecule has 2 aromatic rings. The van der Waals surface area contributed by atoms with Gasteiger partial charge in [0.25, 0.3) is 5.91 Å². The van der Waals surface area contributed by atoms with Gasteiger partial charge in [-0.15, -0.1) is 12.4 Å². The zero-order chi connectivity index (χ0) is 18.7. The number of nitrogens with one attached hydrogen (secondary N) is 2. The molecule has 26 heavy (non-hydrogen) atoms. The molecule has 1 aromatic heterocycles. The Morgan fingerprint density at radius 3 is 2.46 bits per heavy atom. The molecule has 0 aliphatic carbocycles. The molecule has 0 radical (unpaired) electrons. The third-order valence-corrected chi connectivity index (χ3v) is 3.87. The number of hydrogen-bond donors (Lipinski definition) is 3. The Kier molecular flexibility index (Phi) is 7.50. The average molecular weight is 419 g/mol. The predicted octanol–water partition coefficient (Wildman–Crippen LogP) is 2.94. The van der Waals surface area contributed by atoms with E-state index in [4.69, 9.17) is 34.3 Å². The van der Waals surface area contributed by atoms with Gasteiger partial charge in [-0.3, -0.25) is 10.2 Å². The van der Waals surface area contributed by atoms with Crippen LogP contribution in [-0.2, 0) is 6.54 Å². The van der Waals surface area contributed by atoms with Gasteiger partial charge in [-0.1, -0.05) is 23.2 Å². The maximum absolute atomic E-state index is 11.9. The van der Waals surface area contributed by atoms with Crippen molar-refractivity contribution < 1.29 is 9.59 Å². The second kappa shape index (κ2) is 8.93. The van der Waals surface area contributed by atoms with Crippen molar-refractivity contribution in [1.82, 2.24) is 9.47 Å². The molecule has 0 atom stereocenters. The average Bonchev–Trinajstić information content (AvgIpc) is 2.52. The summed E-state index contributed by atoms with van der Waals surface area (Å²) in [6.07, 6.45) is 1.51. The van der Waals surface area contributed by atoms with Gasteiger partial charge in [0.15, 0.2) is 0 Å². The number of aromatic nitrogens is 1. The second-order valence-corrected chi connectivity index (χ2v) is 6.41. The predicted molar refractivity (Wildman–Crippen MR) is 104 cm³/mol. The minimum absolute atomic E-state index is 0. The fraction of sp³-hybridized carbons (Fsp3) is 0.188. The summed E-state index contributed by atoms with van der Waals surface area (Å²) in [6, 6.07) is 6.03. The lowest BCUT2D eigenvalue weighted by Gasteiger charge is -2.17. The van der Waals surface area contributed by atoms with E-state index in [-0.39, 0.29) is 41.1 Å². The van der Waals surface area contributed by atoms with Gasteiger partial charge >= 0.3 is 6.03 Å². The van der Waals surface area contributed by atoms with Crippen LogP contribution < -0.4 is 16.5 Å². The number of halogens is 3. The van der Waals surface area contributed by atoms with Crippen molar-refractivity contribution in [3.63, 3.8) is 0 Å². The molecule has 0 saturated carbocycles. The van der Waals surface area contributed by atoms with Crippen molar-refractivity contribution in [2.75, 3.05) is 19.4 Å². The van der Waals surface area contributed by atoms with E-state index >= 15 is 0 Å². The summed E-state index contributed by atoms with van der Waals surface area (Å²) in [5, 5.41) is 11.6. The third kappa shape index (κ3) is 5.14. The monoisotopic (exact) mass is 417 g/mol. The molecule has 0 aliphatic heterocycles. The molecule has 0 unspecified atom stereocenters. The highest BCUT2D eigenvalue weighted by atomic mass is 35.5. The van der Waals surface area contributed by atoms with Crippen molar-refractivity contribution in [2.24, 2.45) is 5.73 Å². The number of benzene rings is 1. The molecule has 3 amide bonds. The van der Waals surface area contributed by atoms with Gasteiger partial charge in [0.2, 0.25) is 0 Å². The molecule has 0 aliphatic rings. The van der Waals surface area contributed by atoms with E-state index < -0.39 is 5.91 Å². The van der Waals surface area contributed by atoms with Crippen molar-refractivity contribution in [2.45, 2.75) is 6.54 Å². The maximum atomic E-state index is 11.9. The first-order valence-corrected chi connectivity index (χ1v) is 7.95. The lowest BCUT2D eigenvalue weighted by atomic mass is 10.1. The van der Waals surface area contributed by atoms with E-state index in [1.807, 2.05) is 0 Å². The number of anilines is 1. The zero-order valence-corrected chi connectivity index (χ0v) is 16.4. The Morgan fingerprint density at radius 1 is 1.23 bits per heavy atom. The third-order valence-electron chi connectivity index (χ3n) is 3.42. The van der Waals surface area contributed by atoms with Gasteiger partial charge in [-0.2, -0.15) is 0 Å². The number of hydrogen-bond acceptors (Lipinski definition) is 3. The summed E-state index contributed by atoms with van der Waals surface area (Å²) in [5.74, 6) is -0.742. The Bertz CT molecular complexity index is 896. The molecule has 0 fully saturated rings. The van der Waals surface area contributed by atoms with Crippen LogP contribution in [-0.4, -0.2) is 35.5 Å². The number of carbonyl (C=O) groups excluding carboxylic acids is 2. The van der Waals surface area contributed by atoms with Gasteiger partial charge in [-0.05, 0) is 29.8 Å². The zero-order valence-electron chi connectivity index (χ0n) is 14.0. The molecule has 10 heteroatoms. The number of urea groups is 1. The summed E-state index contributed by atoms with van der Waals surface area (Å²) in [7, 11) is 3.25. The van der Waals surface area contributed by atoms with Crippen LogP contribution in [0, 0.1) is 5.41 Å². The normalized spacial score (nSPS) is 10.0. The quantitative estimate of drug-likeness (QED) is 0.710. The highest BCUT2D eigenvalue weighted by molar-refractivity contribution is 6.31. The van der Waals surface area contributed by atoms with Crippen LogP contribution >= 0.6 is 35.6 Å². The van der Waals surface area contributed by atoms with Crippen molar-refractivity contribution in [1.29, 1.82) is 5.41 Å². The number of carbonyl (C=O) groups is 2. The number of nitrogens with two attached hydrogens (primary N) is 1. The fourth-order valence-electron chi connectivity index (χ4n) is 2.15. The van der Waals surface area contributed by atoms with Crippen LogP contribution in [0.4, 0.5) is 10.5 Å². The number of primary amides is 1. The molecule has 7 nitrogen and oxygen atoms in total. The first kappa shape index (κ1) is 21.8. The van der Waals surface area contributed by atoms with Gasteiger partial charge in [0.05, 0.1) is 17.1 Å². The Morgan fingerprint density at radius 2 is 1.88 bits per heavy atom. The molecule has 4 N–H and O–H groups in total. The lowest BCUT2D eigenvalue weighted by Crippen LogP contribution is -2.30. The van der Waals surface area contributed by atoms with E-state index in [2.05, 4.69) is 5.32 Å². The van der Waals surface area contributed by atoms with Crippen LogP contribution in [0.2, 0.25) is 10.0 Å². The minimum atomic E-state index is -0.742. The van der Waals surface area contributed by atoms with Gasteiger partial charge in [-0.25, -0.2) is 4.79 Å². The van der Waals surface area contributed by atoms with Crippen molar-refractivity contribution in [3.05, 3.63) is 57.1 Å². The fourth-order valence-corrected chi connectivity index (χ4v) is 2.57. The lowest BCUT2D eigenvalue weighted by molar-refractivity contribution is 0.0997. The number of pyridine rings is 1. The Balaban J connectivity index is 0.00000338. The first-order chi connectivity index (χ1) is 11.7. The number of nitrogens with zero attached hydrogens (tertiary/aromatic N) is 2. The standard InChI is InChI=1S/C16H17Cl2N5O2.ClH/c1-22(2)16(25)21-13-4-3-10(17)5-9(13)7-23-8-11(18)6-12(14(23)19)15(20)24;/h3-6,8,19H,7H2,1-2H3,(H2,20,24)(H,21,25);1H. The van der Waals surface area contributed by atoms with Gasteiger partial charge in [0, 0.05) is 31.0 Å². The van der Waals surface area contributed by atoms with Crippen LogP contribution in [0.15, 0.2) is 30.5 Å². The SMILES string of the molecule is CN(C)C(=O)Nc1ccc(Cl)cc1Cn1cc(Cl)cc(C(N)=O)c1=N.Cl. The number of rotatable bonds is 4. The van der Waals surface area contributed by atoms with Crippen LogP contribution in [0.3, 0.4) is 0 Å². The molecule has 140 valence electrons. The van der Waals surface area contributed by atoms with Gasteiger partial charge < -0.3 is 20.5 Å². The van der Waals surface area contributed by atoms with E-state index in [9.17, 15) is 9.59 Å². The molecule has 0 bridgehead atoms. The summed E-state index contributed by atoms with van der Waals surface area (Å²) in [5.41, 5.74) is 6.40. The summed E-state index contributed by atoms with van der Waals surface area (Å²) < 4.78 is 1.46. The topological polar surface area (TPSA) is 104 Å². The minimum Gasteiger partial charge on any atom is -0.365 e. The summed E-state index contributed by atoms with van der Waals surface area (Å²) >= 11 is 12.1. The van der Waals surface area contributed by atoms with E-state index in [0.717, 1.165) is 0 Å². The Hall–Kier alpha value is -2.22. The molecule has 2 rings (SSSR count). The maximum Gasteiger partial charge on any atom is 0.321 e. The number of amides is 3. The van der Waals surface area contributed by atoms with Crippen molar-refractivity contribution in [3.8, 4) is 0 Å². The smallest absolute Gasteiger partial charge is 0.321 e. The summed E-state index contributed by atoms with van der Waals surface area (Å²) in [6.45, 7) is 0.170. The molecule has 1 heterocycles.